The van der Waals surface area contributed by atoms with Crippen LogP contribution in [-0.4, -0.2) is 24.0 Å². The van der Waals surface area contributed by atoms with Crippen molar-refractivity contribution < 1.29 is 0 Å². The van der Waals surface area contributed by atoms with Gasteiger partial charge in [0.25, 0.3) is 0 Å². The van der Waals surface area contributed by atoms with Crippen LogP contribution in [0.25, 0.3) is 11.3 Å². The van der Waals surface area contributed by atoms with E-state index in [1.165, 1.54) is 5.56 Å². The van der Waals surface area contributed by atoms with Gasteiger partial charge in [-0.05, 0) is 26.2 Å². The summed E-state index contributed by atoms with van der Waals surface area (Å²) in [5, 5.41) is 3.27. The third kappa shape index (κ3) is 2.90. The normalized spacial score (nSPS) is 11.0. The molecule has 0 aliphatic carbocycles. The lowest BCUT2D eigenvalue weighted by molar-refractivity contribution is 0.402. The van der Waals surface area contributed by atoms with Crippen molar-refractivity contribution in [3.8, 4) is 11.3 Å². The molecule has 0 saturated carbocycles. The summed E-state index contributed by atoms with van der Waals surface area (Å²) in [5.74, 6) is 0. The van der Waals surface area contributed by atoms with Gasteiger partial charge in [0.2, 0.25) is 0 Å². The lowest BCUT2D eigenvalue weighted by atomic mass is 10.2. The minimum absolute atomic E-state index is 0.904. The summed E-state index contributed by atoms with van der Waals surface area (Å²) >= 11 is 5.14. The molecule has 0 aliphatic rings. The Morgan fingerprint density at radius 1 is 1.25 bits per heavy atom. The molecule has 0 radical (unpaired) electrons. The molecule has 0 atom stereocenters. The average Bonchev–Trinajstić information content (AvgIpc) is 2.66. The fraction of sp³-hybridized carbons (Fsp3) is 0.250. The van der Waals surface area contributed by atoms with Crippen molar-refractivity contribution in [3.05, 3.63) is 39.1 Å². The maximum absolute atomic E-state index is 4.61. The molecule has 0 N–H and O–H groups in total. The smallest absolute Gasteiger partial charge is 0.107 e. The number of hydrogen-bond donors (Lipinski definition) is 0. The van der Waals surface area contributed by atoms with Crippen LogP contribution in [0.2, 0.25) is 0 Å². The third-order valence-electron chi connectivity index (χ3n) is 2.14. The molecule has 2 rings (SSSR count). The molecule has 0 bridgehead atoms. The summed E-state index contributed by atoms with van der Waals surface area (Å²) in [7, 11) is 4.11. The lowest BCUT2D eigenvalue weighted by Gasteiger charge is -2.05. The molecule has 0 saturated heterocycles. The highest BCUT2D eigenvalue weighted by molar-refractivity contribution is 9.10. The van der Waals surface area contributed by atoms with Crippen LogP contribution in [0.3, 0.4) is 0 Å². The van der Waals surface area contributed by atoms with Crippen molar-refractivity contribution in [1.82, 2.24) is 9.88 Å². The van der Waals surface area contributed by atoms with Gasteiger partial charge < -0.3 is 4.90 Å². The molecule has 2 nitrogen and oxygen atoms in total. The highest BCUT2D eigenvalue weighted by Crippen LogP contribution is 2.23. The van der Waals surface area contributed by atoms with Gasteiger partial charge in [-0.15, -0.1) is 11.3 Å². The Hall–Kier alpha value is -0.710. The van der Waals surface area contributed by atoms with Crippen LogP contribution in [-0.2, 0) is 6.54 Å². The molecule has 0 fully saturated rings. The molecule has 1 aromatic carbocycles. The second-order valence-corrected chi connectivity index (χ2v) is 5.73. The number of nitrogens with zero attached hydrogens (tertiary/aromatic N) is 2. The standard InChI is InChI=1S/C12H13BrN2S/c1-15(2)7-12-14-11(8-16-12)9-3-5-10(13)6-4-9/h3-6,8H,7H2,1-2H3. The maximum atomic E-state index is 4.61. The predicted molar refractivity (Wildman–Crippen MR) is 72.6 cm³/mol. The number of thiazole rings is 1. The summed E-state index contributed by atoms with van der Waals surface area (Å²) < 4.78 is 1.10. The number of hydrogen-bond acceptors (Lipinski definition) is 3. The van der Waals surface area contributed by atoms with E-state index in [0.29, 0.717) is 0 Å². The van der Waals surface area contributed by atoms with Crippen LogP contribution >= 0.6 is 27.3 Å². The molecular formula is C12H13BrN2S. The summed E-state index contributed by atoms with van der Waals surface area (Å²) in [5.41, 5.74) is 2.24. The molecule has 1 heterocycles. The van der Waals surface area contributed by atoms with E-state index in [1.54, 1.807) is 11.3 Å². The maximum Gasteiger partial charge on any atom is 0.107 e. The average molecular weight is 297 g/mol. The van der Waals surface area contributed by atoms with Crippen LogP contribution in [0.1, 0.15) is 5.01 Å². The quantitative estimate of drug-likeness (QED) is 0.860. The van der Waals surface area contributed by atoms with Crippen LogP contribution in [0.15, 0.2) is 34.1 Å². The van der Waals surface area contributed by atoms with Gasteiger partial charge >= 0.3 is 0 Å². The van der Waals surface area contributed by atoms with Crippen molar-refractivity contribution in [2.75, 3.05) is 14.1 Å². The van der Waals surface area contributed by atoms with E-state index in [2.05, 4.69) is 57.4 Å². The van der Waals surface area contributed by atoms with E-state index in [0.717, 1.165) is 21.7 Å². The Labute approximate surface area is 108 Å². The van der Waals surface area contributed by atoms with Gasteiger partial charge in [-0.25, -0.2) is 4.98 Å². The first kappa shape index (κ1) is 11.8. The summed E-state index contributed by atoms with van der Waals surface area (Å²) in [6.07, 6.45) is 0. The Bertz CT molecular complexity index is 462. The summed E-state index contributed by atoms with van der Waals surface area (Å²) in [6.45, 7) is 0.904. The second-order valence-electron chi connectivity index (χ2n) is 3.87. The molecule has 2 aromatic rings. The Morgan fingerprint density at radius 2 is 1.94 bits per heavy atom. The topological polar surface area (TPSA) is 16.1 Å². The van der Waals surface area contributed by atoms with Gasteiger partial charge in [0, 0.05) is 22.0 Å². The summed E-state index contributed by atoms with van der Waals surface area (Å²) in [6, 6.07) is 8.25. The van der Waals surface area contributed by atoms with E-state index < -0.39 is 0 Å². The van der Waals surface area contributed by atoms with Gasteiger partial charge in [0.1, 0.15) is 5.01 Å². The highest BCUT2D eigenvalue weighted by atomic mass is 79.9. The van der Waals surface area contributed by atoms with Crippen LogP contribution < -0.4 is 0 Å². The van der Waals surface area contributed by atoms with E-state index in [9.17, 15) is 0 Å². The van der Waals surface area contributed by atoms with E-state index in [1.807, 2.05) is 12.1 Å². The third-order valence-corrected chi connectivity index (χ3v) is 3.51. The molecule has 0 spiro atoms. The molecule has 84 valence electrons. The monoisotopic (exact) mass is 296 g/mol. The van der Waals surface area contributed by atoms with Crippen molar-refractivity contribution in [3.63, 3.8) is 0 Å². The van der Waals surface area contributed by atoms with Crippen molar-refractivity contribution in [2.24, 2.45) is 0 Å². The molecule has 4 heteroatoms. The fourth-order valence-corrected chi connectivity index (χ4v) is 2.59. The first-order chi connectivity index (χ1) is 7.65. The summed E-state index contributed by atoms with van der Waals surface area (Å²) in [4.78, 5) is 6.74. The number of aromatic nitrogens is 1. The molecule has 16 heavy (non-hydrogen) atoms. The van der Waals surface area contributed by atoms with Gasteiger partial charge in [0.05, 0.1) is 5.69 Å². The predicted octanol–water partition coefficient (Wildman–Crippen LogP) is 3.63. The fourth-order valence-electron chi connectivity index (χ4n) is 1.41. The number of benzene rings is 1. The second kappa shape index (κ2) is 5.08. The Kier molecular flexibility index (Phi) is 3.74. The highest BCUT2D eigenvalue weighted by Gasteiger charge is 2.04. The Balaban J connectivity index is 2.21. The van der Waals surface area contributed by atoms with Gasteiger partial charge in [-0.1, -0.05) is 28.1 Å². The molecule has 1 aromatic heterocycles. The number of halogens is 1. The van der Waals surface area contributed by atoms with E-state index in [4.69, 9.17) is 0 Å². The van der Waals surface area contributed by atoms with Gasteiger partial charge in [-0.3, -0.25) is 0 Å². The zero-order valence-electron chi connectivity index (χ0n) is 9.27. The minimum Gasteiger partial charge on any atom is -0.303 e. The zero-order valence-corrected chi connectivity index (χ0v) is 11.7. The van der Waals surface area contributed by atoms with Crippen molar-refractivity contribution in [1.29, 1.82) is 0 Å². The molecule has 0 unspecified atom stereocenters. The number of rotatable bonds is 3. The Morgan fingerprint density at radius 3 is 2.56 bits per heavy atom. The van der Waals surface area contributed by atoms with Crippen molar-refractivity contribution >= 4 is 27.3 Å². The van der Waals surface area contributed by atoms with Gasteiger partial charge in [-0.2, -0.15) is 0 Å². The first-order valence-electron chi connectivity index (χ1n) is 5.00. The molecular weight excluding hydrogens is 284 g/mol. The van der Waals surface area contributed by atoms with Gasteiger partial charge in [0.15, 0.2) is 0 Å². The molecule has 0 aliphatic heterocycles. The minimum atomic E-state index is 0.904. The van der Waals surface area contributed by atoms with E-state index in [-0.39, 0.29) is 0 Å². The molecule has 0 amide bonds. The van der Waals surface area contributed by atoms with Crippen molar-refractivity contribution in [2.45, 2.75) is 6.54 Å². The van der Waals surface area contributed by atoms with Crippen LogP contribution in [0, 0.1) is 0 Å². The lowest BCUT2D eigenvalue weighted by Crippen LogP contribution is -2.10. The SMILES string of the molecule is CN(C)Cc1nc(-c2ccc(Br)cc2)cs1. The largest absolute Gasteiger partial charge is 0.303 e. The first-order valence-corrected chi connectivity index (χ1v) is 6.67. The van der Waals surface area contributed by atoms with E-state index >= 15 is 0 Å². The zero-order chi connectivity index (χ0) is 11.5. The van der Waals surface area contributed by atoms with Crippen LogP contribution in [0.4, 0.5) is 0 Å². The van der Waals surface area contributed by atoms with Crippen LogP contribution in [0.5, 0.6) is 0 Å².